The minimum absolute atomic E-state index is 0.214. The van der Waals surface area contributed by atoms with Gasteiger partial charge >= 0.3 is 5.97 Å². The van der Waals surface area contributed by atoms with Crippen molar-refractivity contribution in [1.82, 2.24) is 0 Å². The highest BCUT2D eigenvalue weighted by Gasteiger charge is 2.25. The number of thiophene rings is 1. The number of esters is 1. The van der Waals surface area contributed by atoms with Crippen LogP contribution in [0.2, 0.25) is 0 Å². The molecule has 2 aromatic carbocycles. The number of aryl methyl sites for hydroxylation is 1. The van der Waals surface area contributed by atoms with Gasteiger partial charge in [-0.25, -0.2) is 4.79 Å². The first-order chi connectivity index (χ1) is 17.9. The molecule has 2 amide bonds. The van der Waals surface area contributed by atoms with Crippen LogP contribution in [0.4, 0.5) is 10.7 Å². The predicted octanol–water partition coefficient (Wildman–Crippen LogP) is 6.86. The third-order valence-electron chi connectivity index (χ3n) is 5.56. The van der Waals surface area contributed by atoms with Gasteiger partial charge in [-0.1, -0.05) is 42.8 Å². The van der Waals surface area contributed by atoms with Crippen molar-refractivity contribution in [1.29, 1.82) is 0 Å². The molecular formula is C28H26N2O5S2. The van der Waals surface area contributed by atoms with E-state index in [4.69, 9.17) is 9.15 Å². The van der Waals surface area contributed by atoms with Crippen LogP contribution in [0.3, 0.4) is 0 Å². The highest BCUT2D eigenvalue weighted by atomic mass is 32.2. The normalized spacial score (nSPS) is 11.5. The van der Waals surface area contributed by atoms with Crippen molar-refractivity contribution in [2.45, 2.75) is 30.4 Å². The Morgan fingerprint density at radius 3 is 2.51 bits per heavy atom. The van der Waals surface area contributed by atoms with E-state index in [-0.39, 0.29) is 17.6 Å². The summed E-state index contributed by atoms with van der Waals surface area (Å²) < 4.78 is 10.2. The number of ether oxygens (including phenoxy) is 1. The molecule has 9 heteroatoms. The highest BCUT2D eigenvalue weighted by molar-refractivity contribution is 8.00. The first-order valence-corrected chi connectivity index (χ1v) is 13.3. The monoisotopic (exact) mass is 534 g/mol. The van der Waals surface area contributed by atoms with Crippen LogP contribution in [-0.2, 0) is 9.53 Å². The molecule has 0 aliphatic rings. The second-order valence-electron chi connectivity index (χ2n) is 8.17. The maximum absolute atomic E-state index is 13.3. The highest BCUT2D eigenvalue weighted by Crippen LogP contribution is 2.37. The molecule has 0 bridgehead atoms. The smallest absolute Gasteiger partial charge is 0.341 e. The Hall–Kier alpha value is -3.82. The fourth-order valence-electron chi connectivity index (χ4n) is 3.63. The molecule has 37 heavy (non-hydrogen) atoms. The second kappa shape index (κ2) is 11.9. The molecule has 2 N–H and O–H groups in total. The molecule has 0 radical (unpaired) electrons. The van der Waals surface area contributed by atoms with Gasteiger partial charge in [-0.2, -0.15) is 0 Å². The van der Waals surface area contributed by atoms with E-state index in [1.165, 1.54) is 36.5 Å². The number of carbonyl (C=O) groups excluding carboxylic acids is 3. The van der Waals surface area contributed by atoms with E-state index in [1.807, 2.05) is 61.7 Å². The van der Waals surface area contributed by atoms with E-state index in [0.717, 1.165) is 16.0 Å². The van der Waals surface area contributed by atoms with Crippen molar-refractivity contribution in [2.24, 2.45) is 0 Å². The minimum atomic E-state index is -0.507. The first kappa shape index (κ1) is 26.2. The van der Waals surface area contributed by atoms with E-state index in [9.17, 15) is 14.4 Å². The average Bonchev–Trinajstić information content (AvgIpc) is 3.58. The molecule has 0 spiro atoms. The molecule has 0 saturated carbocycles. The zero-order chi connectivity index (χ0) is 26.4. The van der Waals surface area contributed by atoms with E-state index in [2.05, 4.69) is 10.6 Å². The maximum Gasteiger partial charge on any atom is 0.341 e. The molecule has 0 saturated heterocycles. The summed E-state index contributed by atoms with van der Waals surface area (Å²) in [5.41, 5.74) is 3.63. The second-order valence-corrected chi connectivity index (χ2v) is 10.3. The van der Waals surface area contributed by atoms with E-state index in [1.54, 1.807) is 18.2 Å². The maximum atomic E-state index is 13.3. The Bertz CT molecular complexity index is 1390. The van der Waals surface area contributed by atoms with Gasteiger partial charge in [0.2, 0.25) is 5.91 Å². The molecule has 2 aromatic heterocycles. The molecule has 4 rings (SSSR count). The van der Waals surface area contributed by atoms with Gasteiger partial charge < -0.3 is 19.8 Å². The van der Waals surface area contributed by atoms with Gasteiger partial charge in [0.1, 0.15) is 10.6 Å². The summed E-state index contributed by atoms with van der Waals surface area (Å²) in [6.07, 6.45) is 2.00. The van der Waals surface area contributed by atoms with Gasteiger partial charge in [0.05, 0.1) is 18.6 Å². The Labute approximate surface area is 223 Å². The molecule has 0 fully saturated rings. The van der Waals surface area contributed by atoms with Gasteiger partial charge in [-0.15, -0.1) is 23.1 Å². The van der Waals surface area contributed by atoms with Crippen LogP contribution < -0.4 is 10.6 Å². The summed E-state index contributed by atoms with van der Waals surface area (Å²) in [5.74, 6) is -0.867. The molecule has 2 heterocycles. The largest absolute Gasteiger partial charge is 0.465 e. The predicted molar refractivity (Wildman–Crippen MR) is 148 cm³/mol. The molecule has 1 unspecified atom stereocenters. The fourth-order valence-corrected chi connectivity index (χ4v) is 5.60. The van der Waals surface area contributed by atoms with Crippen LogP contribution in [0.25, 0.3) is 11.1 Å². The summed E-state index contributed by atoms with van der Waals surface area (Å²) in [5, 5.41) is 7.61. The van der Waals surface area contributed by atoms with Crippen LogP contribution in [0.15, 0.2) is 81.6 Å². The minimum Gasteiger partial charge on any atom is -0.465 e. The lowest BCUT2D eigenvalue weighted by atomic mass is 10.0. The number of amides is 2. The van der Waals surface area contributed by atoms with Gasteiger partial charge in [0.15, 0.2) is 5.76 Å². The van der Waals surface area contributed by atoms with E-state index >= 15 is 0 Å². The van der Waals surface area contributed by atoms with E-state index < -0.39 is 11.2 Å². The topological polar surface area (TPSA) is 97.6 Å². The number of furan rings is 1. The molecule has 7 nitrogen and oxygen atoms in total. The lowest BCUT2D eigenvalue weighted by molar-refractivity contribution is -0.115. The van der Waals surface area contributed by atoms with Crippen molar-refractivity contribution in [3.63, 3.8) is 0 Å². The van der Waals surface area contributed by atoms with Gasteiger partial charge in [0, 0.05) is 21.5 Å². The quantitative estimate of drug-likeness (QED) is 0.180. The summed E-state index contributed by atoms with van der Waals surface area (Å²) >= 11 is 2.67. The zero-order valence-corrected chi connectivity index (χ0v) is 22.2. The SMILES string of the molecule is CCC(Sc1cccc(NC(=O)c2ccco2)c1)C(=O)Nc1scc(-c2ccc(C)cc2)c1C(=O)OC. The van der Waals surface area contributed by atoms with E-state index in [0.29, 0.717) is 28.2 Å². The number of hydrogen-bond acceptors (Lipinski definition) is 7. The van der Waals surface area contributed by atoms with Crippen molar-refractivity contribution < 1.29 is 23.5 Å². The van der Waals surface area contributed by atoms with Crippen molar-refractivity contribution in [3.05, 3.63) is 89.2 Å². The van der Waals surface area contributed by atoms with Gasteiger partial charge in [0.25, 0.3) is 5.91 Å². The Kier molecular flexibility index (Phi) is 8.47. The lowest BCUT2D eigenvalue weighted by Gasteiger charge is -2.15. The number of benzene rings is 2. The van der Waals surface area contributed by atoms with Crippen molar-refractivity contribution >= 4 is 51.6 Å². The lowest BCUT2D eigenvalue weighted by Crippen LogP contribution is -2.25. The Morgan fingerprint density at radius 1 is 1.05 bits per heavy atom. The zero-order valence-electron chi connectivity index (χ0n) is 20.6. The third kappa shape index (κ3) is 6.31. The number of carbonyl (C=O) groups is 3. The molecule has 190 valence electrons. The number of methoxy groups -OCH3 is 1. The first-order valence-electron chi connectivity index (χ1n) is 11.6. The van der Waals surface area contributed by atoms with Crippen LogP contribution in [-0.4, -0.2) is 30.1 Å². The standard InChI is InChI=1S/C28H26N2O5S2/c1-4-23(37-20-8-5-7-19(15-20)29-25(31)22-9-6-14-35-22)26(32)30-27-24(28(33)34-3)21(16-36-27)18-12-10-17(2)11-13-18/h5-16,23H,4H2,1-3H3,(H,29,31)(H,30,32). The molecule has 1 atom stereocenters. The Balaban J connectivity index is 1.50. The van der Waals surface area contributed by atoms with Crippen LogP contribution >= 0.6 is 23.1 Å². The number of hydrogen-bond donors (Lipinski definition) is 2. The average molecular weight is 535 g/mol. The summed E-state index contributed by atoms with van der Waals surface area (Å²) in [6.45, 7) is 3.92. The Morgan fingerprint density at radius 2 is 1.84 bits per heavy atom. The van der Waals surface area contributed by atoms with Gasteiger partial charge in [-0.3, -0.25) is 9.59 Å². The molecule has 0 aliphatic heterocycles. The van der Waals surface area contributed by atoms with Crippen LogP contribution in [0.1, 0.15) is 39.8 Å². The van der Waals surface area contributed by atoms with Crippen LogP contribution in [0, 0.1) is 6.92 Å². The summed E-state index contributed by atoms with van der Waals surface area (Å²) in [4.78, 5) is 39.0. The number of nitrogens with one attached hydrogen (secondary N) is 2. The fraction of sp³-hybridized carbons (Fsp3) is 0.179. The summed E-state index contributed by atoms with van der Waals surface area (Å²) in [7, 11) is 1.33. The molecular weight excluding hydrogens is 508 g/mol. The third-order valence-corrected chi connectivity index (χ3v) is 7.81. The molecule has 4 aromatic rings. The summed E-state index contributed by atoms with van der Waals surface area (Å²) in [6, 6.07) is 18.3. The number of anilines is 2. The van der Waals surface area contributed by atoms with Gasteiger partial charge in [-0.05, 0) is 49.2 Å². The number of rotatable bonds is 9. The molecule has 0 aliphatic carbocycles. The van der Waals surface area contributed by atoms with Crippen molar-refractivity contribution in [3.8, 4) is 11.1 Å². The number of thioether (sulfide) groups is 1. The van der Waals surface area contributed by atoms with Crippen LogP contribution in [0.5, 0.6) is 0 Å². The van der Waals surface area contributed by atoms with Crippen molar-refractivity contribution in [2.75, 3.05) is 17.7 Å².